The minimum Gasteiger partial charge on any atom is -0.508 e. The minimum atomic E-state index is -3.84. The van der Waals surface area contributed by atoms with E-state index in [0.29, 0.717) is 18.4 Å². The van der Waals surface area contributed by atoms with Gasteiger partial charge in [0, 0.05) is 32.7 Å². The van der Waals surface area contributed by atoms with E-state index in [9.17, 15) is 18.6 Å². The van der Waals surface area contributed by atoms with Gasteiger partial charge in [0.25, 0.3) is 0 Å². The van der Waals surface area contributed by atoms with Crippen molar-refractivity contribution in [2.45, 2.75) is 74.8 Å². The predicted octanol–water partition coefficient (Wildman–Crippen LogP) is 4.70. The van der Waals surface area contributed by atoms with E-state index in [4.69, 9.17) is 0 Å². The summed E-state index contributed by atoms with van der Waals surface area (Å²) in [5, 5.41) is 22.0. The van der Waals surface area contributed by atoms with Gasteiger partial charge in [-0.1, -0.05) is 51.7 Å². The van der Waals surface area contributed by atoms with Gasteiger partial charge in [0.1, 0.15) is 5.75 Å². The number of rotatable bonds is 8. The third-order valence-electron chi connectivity index (χ3n) is 7.16. The van der Waals surface area contributed by atoms with E-state index in [1.54, 1.807) is 37.4 Å². The Hall–Kier alpha value is -2.09. The molecule has 0 saturated carbocycles. The normalized spacial score (nSPS) is 21.9. The molecule has 0 aromatic heterocycles. The van der Waals surface area contributed by atoms with Crippen LogP contribution < -0.4 is 4.90 Å². The van der Waals surface area contributed by atoms with Crippen molar-refractivity contribution in [3.63, 3.8) is 0 Å². The number of unbranched alkanes of at least 4 members (excludes halogenated alkanes) is 2. The third kappa shape index (κ3) is 4.63. The van der Waals surface area contributed by atoms with Gasteiger partial charge in [-0.05, 0) is 54.3 Å². The van der Waals surface area contributed by atoms with E-state index < -0.39 is 27.6 Å². The molecule has 2 aromatic rings. The molecular weight excluding hydrogens is 436 g/mol. The van der Waals surface area contributed by atoms with Crippen molar-refractivity contribution < 1.29 is 18.6 Å². The number of fused-ring (bicyclic) bond motifs is 1. The molecule has 2 N–H and O–H groups in total. The molecule has 2 aromatic carbocycles. The number of hydrogen-bond acceptors (Lipinski definition) is 5. The van der Waals surface area contributed by atoms with E-state index in [0.717, 1.165) is 36.9 Å². The summed E-state index contributed by atoms with van der Waals surface area (Å²) in [6.07, 6.45) is 3.70. The molecule has 1 heterocycles. The predicted molar refractivity (Wildman–Crippen MR) is 133 cm³/mol. The molecule has 0 bridgehead atoms. The minimum absolute atomic E-state index is 0.136. The van der Waals surface area contributed by atoms with E-state index in [1.807, 2.05) is 31.1 Å². The molecule has 0 fully saturated rings. The highest BCUT2D eigenvalue weighted by Gasteiger charge is 2.53. The van der Waals surface area contributed by atoms with Gasteiger partial charge in [-0.3, -0.25) is 0 Å². The second-order valence-electron chi connectivity index (χ2n) is 9.41. The maximum atomic E-state index is 14.0. The van der Waals surface area contributed by atoms with Crippen LogP contribution in [0.15, 0.2) is 47.4 Å². The summed E-state index contributed by atoms with van der Waals surface area (Å²) in [4.78, 5) is 2.17. The molecule has 1 aliphatic rings. The zero-order chi connectivity index (χ0) is 24.4. The smallest absolute Gasteiger partial charge is 0.243 e. The van der Waals surface area contributed by atoms with Crippen LogP contribution in [-0.2, 0) is 10.0 Å². The van der Waals surface area contributed by atoms with Gasteiger partial charge in [-0.25, -0.2) is 8.42 Å². The number of phenolic OH excluding ortho intramolecular Hbond substituents is 1. The summed E-state index contributed by atoms with van der Waals surface area (Å²) in [7, 11) is 1.62. The highest BCUT2D eigenvalue weighted by molar-refractivity contribution is 7.89. The first kappa shape index (κ1) is 25.5. The van der Waals surface area contributed by atoms with Crippen molar-refractivity contribution in [2.24, 2.45) is 0 Å². The molecule has 7 heteroatoms. The van der Waals surface area contributed by atoms with Crippen LogP contribution >= 0.6 is 0 Å². The molecule has 1 aliphatic heterocycles. The fourth-order valence-corrected chi connectivity index (χ4v) is 6.88. The lowest BCUT2D eigenvalue weighted by Crippen LogP contribution is -2.57. The molecule has 6 nitrogen and oxygen atoms in total. The average Bonchev–Trinajstić information content (AvgIpc) is 2.84. The van der Waals surface area contributed by atoms with Gasteiger partial charge < -0.3 is 15.1 Å². The fourth-order valence-electron chi connectivity index (χ4n) is 5.09. The summed E-state index contributed by atoms with van der Waals surface area (Å²) < 4.78 is 29.4. The van der Waals surface area contributed by atoms with Crippen molar-refractivity contribution >= 4 is 15.7 Å². The summed E-state index contributed by atoms with van der Waals surface area (Å²) in [5.41, 5.74) is 1.34. The topological polar surface area (TPSA) is 81.1 Å². The van der Waals surface area contributed by atoms with Crippen LogP contribution in [0.25, 0.3) is 0 Å². The highest BCUT2D eigenvalue weighted by Crippen LogP contribution is 2.48. The van der Waals surface area contributed by atoms with Crippen molar-refractivity contribution in [3.8, 4) is 5.75 Å². The third-order valence-corrected chi connectivity index (χ3v) is 9.17. The number of phenols is 1. The second-order valence-corrected chi connectivity index (χ2v) is 11.4. The van der Waals surface area contributed by atoms with Crippen LogP contribution in [-0.4, -0.2) is 55.7 Å². The SMILES string of the molecule is CCCCC1(CCCC)C(O)C(c2ccc(O)cc2)c2cc(N(C)C)ccc2S(=O)(=O)N1C. The van der Waals surface area contributed by atoms with Crippen LogP contribution in [0.5, 0.6) is 5.75 Å². The van der Waals surface area contributed by atoms with Crippen LogP contribution in [0, 0.1) is 0 Å². The Labute approximate surface area is 198 Å². The molecule has 2 unspecified atom stereocenters. The lowest BCUT2D eigenvalue weighted by molar-refractivity contribution is -0.00313. The fraction of sp³-hybridized carbons (Fsp3) is 0.538. The second kappa shape index (κ2) is 10.0. The number of sulfonamides is 1. The quantitative estimate of drug-likeness (QED) is 0.579. The Bertz CT molecular complexity index is 1040. The number of aliphatic hydroxyl groups is 1. The average molecular weight is 475 g/mol. The summed E-state index contributed by atoms with van der Waals surface area (Å²) in [6, 6.07) is 12.1. The molecule has 0 aliphatic carbocycles. The van der Waals surface area contributed by atoms with Crippen molar-refractivity contribution in [1.82, 2.24) is 4.31 Å². The first-order valence-corrected chi connectivity index (χ1v) is 13.3. The van der Waals surface area contributed by atoms with Crippen LogP contribution in [0.2, 0.25) is 0 Å². The van der Waals surface area contributed by atoms with E-state index in [1.165, 1.54) is 4.31 Å². The summed E-state index contributed by atoms with van der Waals surface area (Å²) in [6.45, 7) is 4.17. The van der Waals surface area contributed by atoms with Gasteiger partial charge in [-0.15, -0.1) is 0 Å². The van der Waals surface area contributed by atoms with Gasteiger partial charge in [0.05, 0.1) is 16.5 Å². The van der Waals surface area contributed by atoms with Gasteiger partial charge in [0.2, 0.25) is 10.0 Å². The molecule has 0 spiro atoms. The Balaban J connectivity index is 2.36. The number of benzene rings is 2. The Morgan fingerprint density at radius 3 is 2.09 bits per heavy atom. The van der Waals surface area contributed by atoms with E-state index >= 15 is 0 Å². The molecule has 0 amide bonds. The van der Waals surface area contributed by atoms with Gasteiger partial charge >= 0.3 is 0 Å². The molecule has 0 saturated heterocycles. The maximum Gasteiger partial charge on any atom is 0.243 e. The Morgan fingerprint density at radius 2 is 1.58 bits per heavy atom. The largest absolute Gasteiger partial charge is 0.508 e. The van der Waals surface area contributed by atoms with Gasteiger partial charge in [0.15, 0.2) is 0 Å². The molecule has 0 radical (unpaired) electrons. The molecule has 2 atom stereocenters. The van der Waals surface area contributed by atoms with Crippen LogP contribution in [0.3, 0.4) is 0 Å². The number of aromatic hydroxyl groups is 1. The lowest BCUT2D eigenvalue weighted by Gasteiger charge is -2.45. The first-order valence-electron chi connectivity index (χ1n) is 11.9. The highest BCUT2D eigenvalue weighted by atomic mass is 32.2. The van der Waals surface area contributed by atoms with Crippen molar-refractivity contribution in [1.29, 1.82) is 0 Å². The first-order chi connectivity index (χ1) is 15.6. The molecule has 3 rings (SSSR count). The number of hydrogen-bond donors (Lipinski definition) is 2. The van der Waals surface area contributed by atoms with Crippen LogP contribution in [0.1, 0.15) is 69.4 Å². The zero-order valence-electron chi connectivity index (χ0n) is 20.5. The number of aliphatic hydroxyl groups excluding tert-OH is 1. The van der Waals surface area contributed by atoms with Crippen molar-refractivity contribution in [3.05, 3.63) is 53.6 Å². The van der Waals surface area contributed by atoms with E-state index in [-0.39, 0.29) is 10.6 Å². The standard InChI is InChI=1S/C26H38N2O4S/c1-6-8-16-26(17-9-7-2)25(30)24(19-10-13-21(29)14-11-19)22-18-20(27(3)4)12-15-23(22)33(31,32)28(26)5/h10-15,18,24-25,29-30H,6-9,16-17H2,1-5H3. The molecule has 33 heavy (non-hydrogen) atoms. The molecule has 182 valence electrons. The summed E-state index contributed by atoms with van der Waals surface area (Å²) in [5.74, 6) is -0.411. The van der Waals surface area contributed by atoms with Gasteiger partial charge in [-0.2, -0.15) is 4.31 Å². The Morgan fingerprint density at radius 1 is 1.00 bits per heavy atom. The number of anilines is 1. The molecular formula is C26H38N2O4S. The zero-order valence-corrected chi connectivity index (χ0v) is 21.3. The number of nitrogens with zero attached hydrogens (tertiary/aromatic N) is 2. The van der Waals surface area contributed by atoms with Crippen LogP contribution in [0.4, 0.5) is 5.69 Å². The number of likely N-dealkylation sites (N-methyl/N-ethyl adjacent to an activating group) is 1. The van der Waals surface area contributed by atoms with E-state index in [2.05, 4.69) is 13.8 Å². The lowest BCUT2D eigenvalue weighted by atomic mass is 9.72. The monoisotopic (exact) mass is 474 g/mol. The summed E-state index contributed by atoms with van der Waals surface area (Å²) >= 11 is 0. The van der Waals surface area contributed by atoms with Crippen molar-refractivity contribution in [2.75, 3.05) is 26.0 Å². The maximum absolute atomic E-state index is 14.0. The Kier molecular flexibility index (Phi) is 7.76.